The van der Waals surface area contributed by atoms with Gasteiger partial charge in [0.15, 0.2) is 16.6 Å². The van der Waals surface area contributed by atoms with Crippen LogP contribution in [0.1, 0.15) is 54.1 Å². The van der Waals surface area contributed by atoms with Crippen LogP contribution in [0.5, 0.6) is 17.2 Å². The van der Waals surface area contributed by atoms with Crippen molar-refractivity contribution in [3.05, 3.63) is 76.7 Å². The first-order chi connectivity index (χ1) is 21.8. The molecule has 0 radical (unpaired) electrons. The molecule has 3 aromatic rings. The van der Waals surface area contributed by atoms with Crippen molar-refractivity contribution < 1.29 is 28.2 Å². The van der Waals surface area contributed by atoms with E-state index >= 15 is 4.39 Å². The Balaban J connectivity index is 1.42. The van der Waals surface area contributed by atoms with E-state index in [1.165, 1.54) is 42.8 Å². The zero-order valence-electron chi connectivity index (χ0n) is 25.2. The first-order valence-electron chi connectivity index (χ1n) is 14.8. The third kappa shape index (κ3) is 8.04. The molecule has 238 valence electrons. The summed E-state index contributed by atoms with van der Waals surface area (Å²) in [6.45, 7) is 3.67. The van der Waals surface area contributed by atoms with Gasteiger partial charge in [0, 0.05) is 49.8 Å². The average Bonchev–Trinajstić information content (AvgIpc) is 3.53. The van der Waals surface area contributed by atoms with Crippen LogP contribution in [-0.4, -0.2) is 55.5 Å². The molecule has 1 saturated heterocycles. The number of ether oxygens (including phenoxy) is 3. The van der Waals surface area contributed by atoms with Crippen molar-refractivity contribution in [2.75, 3.05) is 32.1 Å². The number of nitrogens with one attached hydrogen (secondary N) is 3. The van der Waals surface area contributed by atoms with Crippen molar-refractivity contribution in [3.8, 4) is 17.2 Å². The van der Waals surface area contributed by atoms with Crippen molar-refractivity contribution in [2.24, 2.45) is 10.7 Å². The van der Waals surface area contributed by atoms with Crippen LogP contribution in [0, 0.1) is 5.82 Å². The minimum Gasteiger partial charge on any atom is -0.487 e. The van der Waals surface area contributed by atoms with E-state index in [9.17, 15) is 9.59 Å². The van der Waals surface area contributed by atoms with Crippen molar-refractivity contribution in [2.45, 2.75) is 50.7 Å². The summed E-state index contributed by atoms with van der Waals surface area (Å²) in [6, 6.07) is 7.76. The molecule has 5 N–H and O–H groups in total. The molecule has 0 spiro atoms. The molecular weight excluding hydrogens is 599 g/mol. The highest BCUT2D eigenvalue weighted by Crippen LogP contribution is 2.41. The average molecular weight is 637 g/mol. The number of amidine groups is 1. The Labute approximate surface area is 265 Å². The van der Waals surface area contributed by atoms with Gasteiger partial charge in [-0.3, -0.25) is 14.6 Å². The van der Waals surface area contributed by atoms with E-state index in [0.29, 0.717) is 36.4 Å². The Morgan fingerprint density at radius 2 is 2.16 bits per heavy atom. The van der Waals surface area contributed by atoms with Crippen LogP contribution in [0.25, 0.3) is 0 Å². The fraction of sp³-hybridized carbons (Fsp3) is 0.375. The van der Waals surface area contributed by atoms with Crippen LogP contribution in [0.4, 0.5) is 9.52 Å². The normalized spacial score (nSPS) is 20.0. The summed E-state index contributed by atoms with van der Waals surface area (Å²) in [4.78, 5) is 33.7. The number of fused-ring (bicyclic) bond motifs is 1. The van der Waals surface area contributed by atoms with E-state index in [1.807, 2.05) is 19.1 Å². The van der Waals surface area contributed by atoms with E-state index in [0.717, 1.165) is 42.9 Å². The number of nitrogens with zero attached hydrogens (tertiary/aromatic N) is 2. The maximum atomic E-state index is 15.2. The molecular formula is C32H37FN6O5S. The number of rotatable bonds is 10. The van der Waals surface area contributed by atoms with Crippen molar-refractivity contribution in [3.63, 3.8) is 0 Å². The molecule has 1 fully saturated rings. The SMILES string of the molecule is CN=C(C=CN)NC(=O)c1ccc(Oc2cc3c(cc2OCC2CCCCO2)CCN[C@]3(C)CC(=O)Nc2nccs2)cc1F. The van der Waals surface area contributed by atoms with Gasteiger partial charge in [-0.15, -0.1) is 11.3 Å². The smallest absolute Gasteiger partial charge is 0.259 e. The van der Waals surface area contributed by atoms with Crippen LogP contribution in [0.2, 0.25) is 0 Å². The number of amides is 2. The molecule has 2 aromatic carbocycles. The zero-order valence-corrected chi connectivity index (χ0v) is 26.0. The third-order valence-corrected chi connectivity index (χ3v) is 8.40. The predicted octanol–water partition coefficient (Wildman–Crippen LogP) is 4.64. The quantitative estimate of drug-likeness (QED) is 0.186. The minimum absolute atomic E-state index is 0.0370. The van der Waals surface area contributed by atoms with Gasteiger partial charge in [0.05, 0.1) is 11.7 Å². The van der Waals surface area contributed by atoms with Gasteiger partial charge in [-0.25, -0.2) is 9.37 Å². The Morgan fingerprint density at radius 1 is 1.29 bits per heavy atom. The Hall–Kier alpha value is -4.33. The molecule has 2 aliphatic rings. The zero-order chi connectivity index (χ0) is 31.8. The van der Waals surface area contributed by atoms with E-state index in [1.54, 1.807) is 11.6 Å². The van der Waals surface area contributed by atoms with Gasteiger partial charge in [0.1, 0.15) is 24.0 Å². The van der Waals surface area contributed by atoms with Crippen molar-refractivity contribution in [1.82, 2.24) is 15.6 Å². The van der Waals surface area contributed by atoms with Gasteiger partial charge in [-0.05, 0) is 80.3 Å². The lowest BCUT2D eigenvalue weighted by molar-refractivity contribution is -0.117. The second kappa shape index (κ2) is 14.6. The van der Waals surface area contributed by atoms with E-state index < -0.39 is 17.3 Å². The number of hydrogen-bond donors (Lipinski definition) is 4. The summed E-state index contributed by atoms with van der Waals surface area (Å²) in [5, 5.41) is 11.2. The van der Waals surface area contributed by atoms with Crippen LogP contribution >= 0.6 is 11.3 Å². The van der Waals surface area contributed by atoms with Gasteiger partial charge in [-0.1, -0.05) is 0 Å². The lowest BCUT2D eigenvalue weighted by Gasteiger charge is -2.37. The number of carbonyl (C=O) groups is 2. The summed E-state index contributed by atoms with van der Waals surface area (Å²) in [6.07, 6.45) is 8.09. The topological polar surface area (TPSA) is 149 Å². The van der Waals surface area contributed by atoms with Crippen molar-refractivity contribution in [1.29, 1.82) is 0 Å². The molecule has 2 atom stereocenters. The highest BCUT2D eigenvalue weighted by molar-refractivity contribution is 7.13. The van der Waals surface area contributed by atoms with Gasteiger partial charge in [0.2, 0.25) is 5.91 Å². The summed E-state index contributed by atoms with van der Waals surface area (Å²) < 4.78 is 33.6. The van der Waals surface area contributed by atoms with Crippen LogP contribution < -0.4 is 31.2 Å². The largest absolute Gasteiger partial charge is 0.487 e. The molecule has 2 aliphatic heterocycles. The second-order valence-electron chi connectivity index (χ2n) is 11.0. The Bertz CT molecular complexity index is 1570. The van der Waals surface area contributed by atoms with Gasteiger partial charge in [-0.2, -0.15) is 0 Å². The molecule has 11 nitrogen and oxygen atoms in total. The standard InChI is InChI=1S/C32H37FN6O5S/c1-32(18-29(40)39-31-36-12-14-45-31)24-17-27(26(15-20(24)9-11-37-32)43-19-22-5-3-4-13-42-22)44-21-6-7-23(25(33)16-21)30(41)38-28(35-2)8-10-34/h6-8,10,12,14-17,22,37H,3-5,9,11,13,18-19,34H2,1-2H3,(H,35,38,41)(H,36,39,40)/t22?,32-/m1/s1. The number of nitrogens with two attached hydrogens (primary N) is 1. The minimum atomic E-state index is -0.779. The summed E-state index contributed by atoms with van der Waals surface area (Å²) >= 11 is 1.35. The first-order valence-corrected chi connectivity index (χ1v) is 15.7. The predicted molar refractivity (Wildman–Crippen MR) is 171 cm³/mol. The van der Waals surface area contributed by atoms with E-state index in [2.05, 4.69) is 25.9 Å². The number of aromatic nitrogens is 1. The number of benzene rings is 2. The monoisotopic (exact) mass is 636 g/mol. The van der Waals surface area contributed by atoms with Crippen molar-refractivity contribution >= 4 is 34.1 Å². The van der Waals surface area contributed by atoms with Gasteiger partial charge >= 0.3 is 0 Å². The maximum Gasteiger partial charge on any atom is 0.259 e. The number of halogens is 1. The Kier molecular flexibility index (Phi) is 10.4. The van der Waals surface area contributed by atoms with Gasteiger partial charge < -0.3 is 35.9 Å². The number of carbonyl (C=O) groups excluding carboxylic acids is 2. The molecule has 5 rings (SSSR count). The van der Waals surface area contributed by atoms with Crippen LogP contribution in [0.15, 0.2) is 59.2 Å². The highest BCUT2D eigenvalue weighted by Gasteiger charge is 2.36. The number of anilines is 1. The second-order valence-corrected chi connectivity index (χ2v) is 11.9. The summed E-state index contributed by atoms with van der Waals surface area (Å²) in [5.74, 6) is -0.444. The molecule has 0 saturated carbocycles. The lowest BCUT2D eigenvalue weighted by atomic mass is 9.81. The Morgan fingerprint density at radius 3 is 2.87 bits per heavy atom. The summed E-state index contributed by atoms with van der Waals surface area (Å²) in [5.41, 5.74) is 6.36. The third-order valence-electron chi connectivity index (χ3n) is 7.71. The fourth-order valence-electron chi connectivity index (χ4n) is 5.45. The maximum absolute atomic E-state index is 15.2. The highest BCUT2D eigenvalue weighted by atomic mass is 32.1. The molecule has 1 aromatic heterocycles. The number of hydrogen-bond acceptors (Lipinski definition) is 10. The lowest BCUT2D eigenvalue weighted by Crippen LogP contribution is -2.47. The number of aliphatic imine (C=N–C) groups is 1. The fourth-order valence-corrected chi connectivity index (χ4v) is 5.99. The number of thiazole rings is 1. The van der Waals surface area contributed by atoms with Gasteiger partial charge in [0.25, 0.3) is 5.91 Å². The molecule has 45 heavy (non-hydrogen) atoms. The molecule has 1 unspecified atom stereocenters. The molecule has 0 bridgehead atoms. The van der Waals surface area contributed by atoms with Crippen LogP contribution in [-0.2, 0) is 21.5 Å². The van der Waals surface area contributed by atoms with E-state index in [4.69, 9.17) is 19.9 Å². The van der Waals surface area contributed by atoms with Crippen LogP contribution in [0.3, 0.4) is 0 Å². The first kappa shape index (κ1) is 32.1. The molecule has 2 amide bonds. The summed E-state index contributed by atoms with van der Waals surface area (Å²) in [7, 11) is 1.48. The molecule has 3 heterocycles. The molecule has 0 aliphatic carbocycles. The molecule has 13 heteroatoms. The van der Waals surface area contributed by atoms with E-state index in [-0.39, 0.29) is 35.6 Å².